The summed E-state index contributed by atoms with van der Waals surface area (Å²) in [5.41, 5.74) is 2.44. The second kappa shape index (κ2) is 12.6. The Kier molecular flexibility index (Phi) is 9.20. The number of allylic oxidation sites excluding steroid dienone is 1. The number of carbonyl (C=O) groups is 3. The van der Waals surface area contributed by atoms with Crippen LogP contribution in [-0.2, 0) is 17.8 Å². The van der Waals surface area contributed by atoms with Crippen LogP contribution in [0.15, 0.2) is 55.3 Å². The Balaban J connectivity index is 1.60. The SMILES string of the molecule is C=CCn1cc(C(=O)C(=O)C(C)CN(C)C)c2cc(C(=O)N3CCC(Cc4ccc(F)cc4)CC3)c(OC)cc21. The van der Waals surface area contributed by atoms with Crippen LogP contribution in [0.3, 0.4) is 0 Å². The van der Waals surface area contributed by atoms with Crippen LogP contribution in [-0.4, -0.2) is 72.7 Å². The van der Waals surface area contributed by atoms with Gasteiger partial charge < -0.3 is 19.1 Å². The van der Waals surface area contributed by atoms with E-state index in [2.05, 4.69) is 6.58 Å². The van der Waals surface area contributed by atoms with Crippen LogP contribution in [0.4, 0.5) is 4.39 Å². The summed E-state index contributed by atoms with van der Waals surface area (Å²) in [6.45, 7) is 7.65. The maximum atomic E-state index is 13.7. The molecule has 3 aromatic rings. The highest BCUT2D eigenvalue weighted by molar-refractivity contribution is 6.46. The zero-order valence-corrected chi connectivity index (χ0v) is 23.8. The fourth-order valence-electron chi connectivity index (χ4n) is 5.58. The summed E-state index contributed by atoms with van der Waals surface area (Å²) in [5, 5.41) is 0.549. The first kappa shape index (κ1) is 29.2. The molecule has 0 N–H and O–H groups in total. The number of fused-ring (bicyclic) bond motifs is 1. The number of halogens is 1. The largest absolute Gasteiger partial charge is 0.496 e. The highest BCUT2D eigenvalue weighted by Crippen LogP contribution is 2.33. The number of ketones is 2. The fraction of sp³-hybridized carbons (Fsp3) is 0.406. The van der Waals surface area contributed by atoms with Gasteiger partial charge in [0, 0.05) is 49.7 Å². The number of rotatable bonds is 11. The lowest BCUT2D eigenvalue weighted by atomic mass is 9.90. The number of likely N-dealkylation sites (tertiary alicyclic amines) is 1. The smallest absolute Gasteiger partial charge is 0.257 e. The minimum atomic E-state index is -0.563. The summed E-state index contributed by atoms with van der Waals surface area (Å²) in [6, 6.07) is 10.0. The quantitative estimate of drug-likeness (QED) is 0.192. The van der Waals surface area contributed by atoms with Crippen LogP contribution < -0.4 is 4.74 Å². The van der Waals surface area contributed by atoms with E-state index in [-0.39, 0.29) is 17.3 Å². The van der Waals surface area contributed by atoms with E-state index in [0.29, 0.717) is 54.3 Å². The Morgan fingerprint density at radius 1 is 1.12 bits per heavy atom. The minimum absolute atomic E-state index is 0.166. The summed E-state index contributed by atoms with van der Waals surface area (Å²) in [7, 11) is 5.24. The number of carbonyl (C=O) groups excluding carboxylic acids is 3. The second-order valence-electron chi connectivity index (χ2n) is 11.0. The molecule has 0 saturated carbocycles. The number of piperidine rings is 1. The molecule has 40 heavy (non-hydrogen) atoms. The third-order valence-electron chi connectivity index (χ3n) is 7.65. The lowest BCUT2D eigenvalue weighted by Gasteiger charge is -2.32. The lowest BCUT2D eigenvalue weighted by Crippen LogP contribution is -2.39. The van der Waals surface area contributed by atoms with Crippen LogP contribution in [0.2, 0.25) is 0 Å². The van der Waals surface area contributed by atoms with Gasteiger partial charge in [-0.25, -0.2) is 4.39 Å². The Hall–Kier alpha value is -3.78. The topological polar surface area (TPSA) is 71.9 Å². The van der Waals surface area contributed by atoms with Gasteiger partial charge in [0.05, 0.1) is 23.8 Å². The molecule has 2 aromatic carbocycles. The first-order chi connectivity index (χ1) is 19.1. The van der Waals surface area contributed by atoms with Crippen molar-refractivity contribution in [2.75, 3.05) is 40.8 Å². The van der Waals surface area contributed by atoms with E-state index in [0.717, 1.165) is 24.8 Å². The molecule has 0 bridgehead atoms. The van der Waals surface area contributed by atoms with Gasteiger partial charge in [-0.3, -0.25) is 14.4 Å². The van der Waals surface area contributed by atoms with Gasteiger partial charge in [0.25, 0.3) is 5.91 Å². The number of methoxy groups -OCH3 is 1. The van der Waals surface area contributed by atoms with Crippen molar-refractivity contribution in [3.05, 3.63) is 77.8 Å². The molecular weight excluding hydrogens is 509 g/mol. The Labute approximate surface area is 235 Å². The number of Topliss-reactive ketones (excluding diaryl/α,β-unsaturated/α-hetero) is 2. The molecule has 0 spiro atoms. The Morgan fingerprint density at radius 3 is 2.40 bits per heavy atom. The van der Waals surface area contributed by atoms with Crippen molar-refractivity contribution >= 4 is 28.4 Å². The molecule has 1 aliphatic heterocycles. The molecule has 8 heteroatoms. The number of ether oxygens (including phenoxy) is 1. The molecule has 1 aromatic heterocycles. The van der Waals surface area contributed by atoms with Crippen molar-refractivity contribution in [1.29, 1.82) is 0 Å². The number of amides is 1. The van der Waals surface area contributed by atoms with Gasteiger partial charge in [-0.1, -0.05) is 25.1 Å². The first-order valence-corrected chi connectivity index (χ1v) is 13.7. The van der Waals surface area contributed by atoms with Crippen LogP contribution >= 0.6 is 0 Å². The molecule has 2 heterocycles. The number of hydrogen-bond donors (Lipinski definition) is 0. The van der Waals surface area contributed by atoms with E-state index < -0.39 is 17.5 Å². The lowest BCUT2D eigenvalue weighted by molar-refractivity contribution is -0.118. The molecule has 1 unspecified atom stereocenters. The van der Waals surface area contributed by atoms with Gasteiger partial charge in [-0.2, -0.15) is 0 Å². The Bertz CT molecular complexity index is 1400. The maximum absolute atomic E-state index is 13.7. The highest BCUT2D eigenvalue weighted by atomic mass is 19.1. The summed E-state index contributed by atoms with van der Waals surface area (Å²) in [5.74, 6) is -1.07. The molecular formula is C32H38FN3O4. The molecule has 0 aliphatic carbocycles. The molecule has 1 aliphatic rings. The molecule has 1 fully saturated rings. The molecule has 1 atom stereocenters. The standard InChI is InChI=1S/C32H38FN3O4/c1-6-13-36-20-27(31(38)30(37)21(2)19-34(3)4)25-17-26(29(40-5)18-28(25)36)32(39)35-14-11-23(12-15-35)16-22-7-9-24(33)10-8-22/h6-10,17-18,20-21,23H,1,11-16,19H2,2-5H3. The second-order valence-corrected chi connectivity index (χ2v) is 11.0. The van der Waals surface area contributed by atoms with Crippen molar-refractivity contribution in [2.24, 2.45) is 11.8 Å². The third kappa shape index (κ3) is 6.33. The average molecular weight is 548 g/mol. The highest BCUT2D eigenvalue weighted by Gasteiger charge is 2.30. The Morgan fingerprint density at radius 2 is 1.80 bits per heavy atom. The predicted octanol–water partition coefficient (Wildman–Crippen LogP) is 5.02. The van der Waals surface area contributed by atoms with Gasteiger partial charge in [0.2, 0.25) is 11.6 Å². The molecule has 0 radical (unpaired) electrons. The number of hydrogen-bond acceptors (Lipinski definition) is 5. The fourth-order valence-corrected chi connectivity index (χ4v) is 5.58. The van der Waals surface area contributed by atoms with E-state index in [1.165, 1.54) is 19.2 Å². The van der Waals surface area contributed by atoms with Crippen LogP contribution in [0.5, 0.6) is 5.75 Å². The van der Waals surface area contributed by atoms with E-state index in [1.54, 1.807) is 31.3 Å². The van der Waals surface area contributed by atoms with E-state index >= 15 is 0 Å². The zero-order valence-electron chi connectivity index (χ0n) is 23.8. The average Bonchev–Trinajstić information content (AvgIpc) is 3.29. The van der Waals surface area contributed by atoms with Crippen LogP contribution in [0.25, 0.3) is 10.9 Å². The molecule has 212 valence electrons. The van der Waals surface area contributed by atoms with Gasteiger partial charge in [0.1, 0.15) is 11.6 Å². The van der Waals surface area contributed by atoms with Crippen molar-refractivity contribution in [3.8, 4) is 5.75 Å². The van der Waals surface area contributed by atoms with Gasteiger partial charge in [-0.05, 0) is 63.0 Å². The molecule has 1 amide bonds. The summed E-state index contributed by atoms with van der Waals surface area (Å²) in [6.07, 6.45) is 5.91. The first-order valence-electron chi connectivity index (χ1n) is 13.7. The van der Waals surface area contributed by atoms with Crippen molar-refractivity contribution in [1.82, 2.24) is 14.4 Å². The van der Waals surface area contributed by atoms with Crippen molar-refractivity contribution in [2.45, 2.75) is 32.7 Å². The molecule has 4 rings (SSSR count). The van der Waals surface area contributed by atoms with Crippen LogP contribution in [0, 0.1) is 17.7 Å². The number of nitrogens with zero attached hydrogens (tertiary/aromatic N) is 3. The van der Waals surface area contributed by atoms with Crippen molar-refractivity contribution in [3.63, 3.8) is 0 Å². The summed E-state index contributed by atoms with van der Waals surface area (Å²) in [4.78, 5) is 43.8. The van der Waals surface area contributed by atoms with Gasteiger partial charge in [0.15, 0.2) is 0 Å². The number of benzene rings is 2. The van der Waals surface area contributed by atoms with E-state index in [4.69, 9.17) is 4.74 Å². The predicted molar refractivity (Wildman–Crippen MR) is 154 cm³/mol. The molecule has 7 nitrogen and oxygen atoms in total. The van der Waals surface area contributed by atoms with Crippen LogP contribution in [0.1, 0.15) is 46.0 Å². The summed E-state index contributed by atoms with van der Waals surface area (Å²) < 4.78 is 20.7. The zero-order chi connectivity index (χ0) is 29.0. The van der Waals surface area contributed by atoms with Crippen molar-refractivity contribution < 1.29 is 23.5 Å². The number of aromatic nitrogens is 1. The van der Waals surface area contributed by atoms with E-state index in [9.17, 15) is 18.8 Å². The third-order valence-corrected chi connectivity index (χ3v) is 7.65. The monoisotopic (exact) mass is 547 g/mol. The minimum Gasteiger partial charge on any atom is -0.496 e. The maximum Gasteiger partial charge on any atom is 0.257 e. The van der Waals surface area contributed by atoms with E-state index in [1.807, 2.05) is 40.6 Å². The molecule has 1 saturated heterocycles. The summed E-state index contributed by atoms with van der Waals surface area (Å²) >= 11 is 0. The van der Waals surface area contributed by atoms with Gasteiger partial charge in [-0.15, -0.1) is 6.58 Å². The van der Waals surface area contributed by atoms with Gasteiger partial charge >= 0.3 is 0 Å². The normalized spacial score (nSPS) is 14.9.